The van der Waals surface area contributed by atoms with E-state index in [1.54, 1.807) is 6.92 Å². The van der Waals surface area contributed by atoms with E-state index in [0.29, 0.717) is 0 Å². The maximum Gasteiger partial charge on any atom is 0.452 e. The molecular weight excluding hydrogens is 212 g/mol. The maximum absolute atomic E-state index is 11.1. The molecule has 0 aromatic rings. The molecule has 1 aliphatic carbocycles. The molecule has 1 fully saturated rings. The first-order valence-corrected chi connectivity index (χ1v) is 5.51. The summed E-state index contributed by atoms with van der Waals surface area (Å²) in [6.07, 6.45) is 3.25. The van der Waals surface area contributed by atoms with Crippen LogP contribution >= 0.6 is 0 Å². The Morgan fingerprint density at radius 1 is 1.12 bits per heavy atom. The smallest absolute Gasteiger partial charge is 0.447 e. The van der Waals surface area contributed by atoms with Crippen LogP contribution in [0.15, 0.2) is 10.2 Å². The van der Waals surface area contributed by atoms with Crippen molar-refractivity contribution < 1.29 is 19.1 Å². The molecule has 0 unspecified atom stereocenters. The molecule has 0 aliphatic heterocycles. The molecule has 0 aromatic heterocycles. The minimum absolute atomic E-state index is 0.0811. The maximum atomic E-state index is 11.1. The molecule has 1 rings (SSSR count). The molecule has 0 spiro atoms. The monoisotopic (exact) mass is 228 g/mol. The SMILES string of the molecule is CCOC(=O)N=NC(=O)OC1CCCCC1. The highest BCUT2D eigenvalue weighted by atomic mass is 16.6. The van der Waals surface area contributed by atoms with Gasteiger partial charge in [-0.2, -0.15) is 0 Å². The molecule has 90 valence electrons. The first-order valence-electron chi connectivity index (χ1n) is 5.51. The molecule has 0 saturated heterocycles. The molecule has 0 atom stereocenters. The molecule has 2 amide bonds. The summed E-state index contributed by atoms with van der Waals surface area (Å²) >= 11 is 0. The lowest BCUT2D eigenvalue weighted by atomic mass is 9.98. The van der Waals surface area contributed by atoms with Crippen LogP contribution < -0.4 is 0 Å². The average molecular weight is 228 g/mol. The molecule has 16 heavy (non-hydrogen) atoms. The molecule has 0 aromatic carbocycles. The van der Waals surface area contributed by atoms with Gasteiger partial charge in [0.05, 0.1) is 6.61 Å². The molecule has 0 bridgehead atoms. The zero-order valence-corrected chi connectivity index (χ0v) is 9.35. The minimum atomic E-state index is -0.872. The standard InChI is InChI=1S/C10H16N2O4/c1-2-15-9(13)11-12-10(14)16-8-6-4-3-5-7-8/h8H,2-7H2,1H3. The Morgan fingerprint density at radius 2 is 1.75 bits per heavy atom. The first kappa shape index (κ1) is 12.6. The zero-order valence-electron chi connectivity index (χ0n) is 9.35. The fourth-order valence-corrected chi connectivity index (χ4v) is 1.58. The Morgan fingerprint density at radius 3 is 2.38 bits per heavy atom. The van der Waals surface area contributed by atoms with Gasteiger partial charge in [0.15, 0.2) is 0 Å². The van der Waals surface area contributed by atoms with Crippen LogP contribution in [-0.2, 0) is 9.47 Å². The van der Waals surface area contributed by atoms with Crippen LogP contribution in [0.25, 0.3) is 0 Å². The number of azo groups is 1. The van der Waals surface area contributed by atoms with E-state index in [1.807, 2.05) is 0 Å². The summed E-state index contributed by atoms with van der Waals surface area (Å²) in [5.74, 6) is 0. The van der Waals surface area contributed by atoms with Gasteiger partial charge in [-0.15, -0.1) is 0 Å². The van der Waals surface area contributed by atoms with Gasteiger partial charge in [-0.3, -0.25) is 0 Å². The van der Waals surface area contributed by atoms with Crippen molar-refractivity contribution in [1.29, 1.82) is 0 Å². The number of amides is 2. The van der Waals surface area contributed by atoms with Crippen LogP contribution in [0.3, 0.4) is 0 Å². The Kier molecular flexibility index (Phi) is 5.45. The molecule has 0 heterocycles. The number of rotatable bonds is 2. The van der Waals surface area contributed by atoms with Crippen LogP contribution in [0, 0.1) is 0 Å². The van der Waals surface area contributed by atoms with Crippen LogP contribution in [-0.4, -0.2) is 24.9 Å². The summed E-state index contributed by atoms with van der Waals surface area (Å²) in [5.41, 5.74) is 0. The Balaban J connectivity index is 2.26. The number of nitrogens with zero attached hydrogens (tertiary/aromatic N) is 2. The fourth-order valence-electron chi connectivity index (χ4n) is 1.58. The fraction of sp³-hybridized carbons (Fsp3) is 0.800. The third-order valence-electron chi connectivity index (χ3n) is 2.30. The van der Waals surface area contributed by atoms with E-state index in [2.05, 4.69) is 15.0 Å². The van der Waals surface area contributed by atoms with E-state index in [-0.39, 0.29) is 12.7 Å². The predicted molar refractivity (Wildman–Crippen MR) is 55.2 cm³/mol. The van der Waals surface area contributed by atoms with Crippen molar-refractivity contribution in [3.8, 4) is 0 Å². The topological polar surface area (TPSA) is 77.3 Å². The molecule has 1 saturated carbocycles. The van der Waals surface area contributed by atoms with Gasteiger partial charge < -0.3 is 9.47 Å². The van der Waals surface area contributed by atoms with Crippen LogP contribution in [0.4, 0.5) is 9.59 Å². The van der Waals surface area contributed by atoms with Crippen molar-refractivity contribution in [2.45, 2.75) is 45.1 Å². The van der Waals surface area contributed by atoms with E-state index < -0.39 is 12.2 Å². The van der Waals surface area contributed by atoms with E-state index in [4.69, 9.17) is 4.74 Å². The van der Waals surface area contributed by atoms with Crippen LogP contribution in [0.2, 0.25) is 0 Å². The van der Waals surface area contributed by atoms with Gasteiger partial charge in [-0.1, -0.05) is 16.6 Å². The summed E-state index contributed by atoms with van der Waals surface area (Å²) in [4.78, 5) is 21.9. The zero-order chi connectivity index (χ0) is 11.8. The lowest BCUT2D eigenvalue weighted by molar-refractivity contribution is 0.0813. The second-order valence-electron chi connectivity index (χ2n) is 3.54. The highest BCUT2D eigenvalue weighted by Gasteiger charge is 2.17. The average Bonchev–Trinajstić information content (AvgIpc) is 2.28. The molecular formula is C10H16N2O4. The van der Waals surface area contributed by atoms with Crippen LogP contribution in [0.5, 0.6) is 0 Å². The number of hydrogen-bond acceptors (Lipinski definition) is 4. The lowest BCUT2D eigenvalue weighted by Crippen LogP contribution is -2.18. The van der Waals surface area contributed by atoms with Crippen molar-refractivity contribution in [2.24, 2.45) is 10.2 Å². The van der Waals surface area contributed by atoms with Crippen molar-refractivity contribution in [1.82, 2.24) is 0 Å². The van der Waals surface area contributed by atoms with Crippen molar-refractivity contribution in [3.05, 3.63) is 0 Å². The third-order valence-corrected chi connectivity index (χ3v) is 2.30. The third kappa shape index (κ3) is 4.86. The van der Waals surface area contributed by atoms with Crippen molar-refractivity contribution >= 4 is 12.2 Å². The van der Waals surface area contributed by atoms with Crippen molar-refractivity contribution in [3.63, 3.8) is 0 Å². The molecule has 0 radical (unpaired) electrons. The second kappa shape index (κ2) is 6.92. The summed E-state index contributed by atoms with van der Waals surface area (Å²) in [6, 6.07) is 0. The number of hydrogen-bond donors (Lipinski definition) is 0. The normalized spacial score (nSPS) is 17.3. The number of ether oxygens (including phenoxy) is 2. The van der Waals surface area contributed by atoms with Gasteiger partial charge in [-0.05, 0) is 32.6 Å². The first-order chi connectivity index (χ1) is 7.72. The van der Waals surface area contributed by atoms with Gasteiger partial charge in [0.2, 0.25) is 0 Å². The number of carbonyl (C=O) groups excluding carboxylic acids is 2. The van der Waals surface area contributed by atoms with E-state index in [1.165, 1.54) is 6.42 Å². The van der Waals surface area contributed by atoms with Gasteiger partial charge in [0, 0.05) is 0 Å². The van der Waals surface area contributed by atoms with Gasteiger partial charge in [0.1, 0.15) is 6.10 Å². The largest absolute Gasteiger partial charge is 0.452 e. The van der Waals surface area contributed by atoms with Crippen LogP contribution in [0.1, 0.15) is 39.0 Å². The summed E-state index contributed by atoms with van der Waals surface area (Å²) < 4.78 is 9.49. The van der Waals surface area contributed by atoms with E-state index in [0.717, 1.165) is 25.7 Å². The Hall–Kier alpha value is -1.46. The Bertz CT molecular complexity index is 272. The molecule has 6 heteroatoms. The predicted octanol–water partition coefficient (Wildman–Crippen LogP) is 3.06. The van der Waals surface area contributed by atoms with Crippen molar-refractivity contribution in [2.75, 3.05) is 6.61 Å². The molecule has 0 N–H and O–H groups in total. The molecule has 6 nitrogen and oxygen atoms in total. The quantitative estimate of drug-likeness (QED) is 0.680. The molecule has 1 aliphatic rings. The lowest BCUT2D eigenvalue weighted by Gasteiger charge is -2.20. The summed E-state index contributed by atoms with van der Waals surface area (Å²) in [6.45, 7) is 1.85. The van der Waals surface area contributed by atoms with E-state index in [9.17, 15) is 9.59 Å². The van der Waals surface area contributed by atoms with Gasteiger partial charge in [0.25, 0.3) is 0 Å². The summed E-state index contributed by atoms with van der Waals surface area (Å²) in [7, 11) is 0. The Labute approximate surface area is 94.0 Å². The van der Waals surface area contributed by atoms with Gasteiger partial charge in [-0.25, -0.2) is 9.59 Å². The minimum Gasteiger partial charge on any atom is -0.447 e. The second-order valence-corrected chi connectivity index (χ2v) is 3.54. The van der Waals surface area contributed by atoms with Gasteiger partial charge >= 0.3 is 12.2 Å². The van der Waals surface area contributed by atoms with E-state index >= 15 is 0 Å². The number of carbonyl (C=O) groups is 2. The highest BCUT2D eigenvalue weighted by Crippen LogP contribution is 2.20. The highest BCUT2D eigenvalue weighted by molar-refractivity contribution is 5.73. The summed E-state index contributed by atoms with van der Waals surface area (Å²) in [5, 5.41) is 6.19.